The Morgan fingerprint density at radius 1 is 1.03 bits per heavy atom. The first-order valence-corrected chi connectivity index (χ1v) is 13.8. The van der Waals surface area contributed by atoms with E-state index >= 15 is 0 Å². The maximum Gasteiger partial charge on any atom is 0.253 e. The van der Waals surface area contributed by atoms with E-state index in [1.54, 1.807) is 11.0 Å². The number of ether oxygens (including phenoxy) is 1. The number of fused-ring (bicyclic) bond motifs is 1. The lowest BCUT2D eigenvalue weighted by atomic mass is 9.89. The number of carbonyl (C=O) groups excluding carboxylic acids is 2. The molecule has 198 valence electrons. The van der Waals surface area contributed by atoms with E-state index in [0.717, 1.165) is 36.9 Å². The van der Waals surface area contributed by atoms with Crippen LogP contribution in [-0.4, -0.2) is 36.1 Å². The summed E-state index contributed by atoms with van der Waals surface area (Å²) in [7, 11) is 0. The van der Waals surface area contributed by atoms with Crippen molar-refractivity contribution in [3.8, 4) is 0 Å². The molecular formula is C32H41NO4. The van der Waals surface area contributed by atoms with Crippen LogP contribution >= 0.6 is 0 Å². The molecule has 5 atom stereocenters. The third-order valence-corrected chi connectivity index (χ3v) is 7.89. The number of hydrogen-bond donors (Lipinski definition) is 1. The summed E-state index contributed by atoms with van der Waals surface area (Å²) in [5, 5.41) is 10.6. The van der Waals surface area contributed by atoms with E-state index in [9.17, 15) is 14.7 Å². The molecule has 0 aromatic heterocycles. The van der Waals surface area contributed by atoms with Crippen LogP contribution in [0.4, 0.5) is 5.69 Å². The van der Waals surface area contributed by atoms with Gasteiger partial charge in [0.15, 0.2) is 5.78 Å². The minimum atomic E-state index is -0.346. The first-order valence-electron chi connectivity index (χ1n) is 13.8. The van der Waals surface area contributed by atoms with Gasteiger partial charge in [-0.25, -0.2) is 0 Å². The fourth-order valence-electron chi connectivity index (χ4n) is 6.15. The number of allylic oxidation sites excluding steroid dienone is 1. The standard InChI is InChI=1S/C32H41NO4/c1-23(2)17-28(34)13-14-29-30-19-25(18-26(30)20-31(29)35)15-16-37-22-32(36)33(27-11-7-4-8-12-27)21-24-9-5-3-6-10-24/h3-14,23,25-26,29-31,35H,15-22H2,1-2H3/t25?,26-,29-,30+,31-/m0/s1. The van der Waals surface area contributed by atoms with E-state index in [1.807, 2.05) is 80.6 Å². The lowest BCUT2D eigenvalue weighted by Crippen LogP contribution is -2.33. The summed E-state index contributed by atoms with van der Waals surface area (Å²) in [4.78, 5) is 27.0. The van der Waals surface area contributed by atoms with Gasteiger partial charge in [0.05, 0.1) is 12.6 Å². The van der Waals surface area contributed by atoms with E-state index in [1.165, 1.54) is 0 Å². The van der Waals surface area contributed by atoms with E-state index in [4.69, 9.17) is 4.74 Å². The Balaban J connectivity index is 1.25. The van der Waals surface area contributed by atoms with E-state index in [0.29, 0.717) is 43.2 Å². The summed E-state index contributed by atoms with van der Waals surface area (Å²) >= 11 is 0. The van der Waals surface area contributed by atoms with Crippen LogP contribution in [0.3, 0.4) is 0 Å². The Kier molecular flexibility index (Phi) is 9.70. The monoisotopic (exact) mass is 503 g/mol. The number of amides is 1. The van der Waals surface area contributed by atoms with Crippen molar-refractivity contribution < 1.29 is 19.4 Å². The smallest absolute Gasteiger partial charge is 0.253 e. The van der Waals surface area contributed by atoms with Crippen LogP contribution in [-0.2, 0) is 20.9 Å². The van der Waals surface area contributed by atoms with Crippen molar-refractivity contribution >= 4 is 17.4 Å². The lowest BCUT2D eigenvalue weighted by Gasteiger charge is -2.23. The van der Waals surface area contributed by atoms with Crippen molar-refractivity contribution in [2.45, 2.75) is 58.6 Å². The zero-order valence-electron chi connectivity index (χ0n) is 22.2. The molecule has 2 aromatic carbocycles. The molecule has 0 radical (unpaired) electrons. The predicted molar refractivity (Wildman–Crippen MR) is 147 cm³/mol. The number of hydrogen-bond acceptors (Lipinski definition) is 4. The molecule has 37 heavy (non-hydrogen) atoms. The molecule has 2 aliphatic carbocycles. The van der Waals surface area contributed by atoms with Crippen LogP contribution in [0.1, 0.15) is 51.5 Å². The number of aliphatic hydroxyl groups is 1. The van der Waals surface area contributed by atoms with Crippen molar-refractivity contribution in [3.05, 3.63) is 78.4 Å². The van der Waals surface area contributed by atoms with Gasteiger partial charge in [0.2, 0.25) is 0 Å². The number of ketones is 1. The highest BCUT2D eigenvalue weighted by molar-refractivity contribution is 5.94. The maximum atomic E-state index is 13.1. The molecular weight excluding hydrogens is 462 g/mol. The Morgan fingerprint density at radius 3 is 2.43 bits per heavy atom. The van der Waals surface area contributed by atoms with Gasteiger partial charge in [0.1, 0.15) is 6.61 Å². The van der Waals surface area contributed by atoms with Gasteiger partial charge in [-0.3, -0.25) is 9.59 Å². The summed E-state index contributed by atoms with van der Waals surface area (Å²) in [5.74, 6) is 2.01. The predicted octanol–water partition coefficient (Wildman–Crippen LogP) is 5.82. The van der Waals surface area contributed by atoms with E-state index in [2.05, 4.69) is 0 Å². The fourth-order valence-corrected chi connectivity index (χ4v) is 6.15. The van der Waals surface area contributed by atoms with Crippen molar-refractivity contribution in [3.63, 3.8) is 0 Å². The normalized spacial score (nSPS) is 25.0. The minimum Gasteiger partial charge on any atom is -0.392 e. The molecule has 0 aliphatic heterocycles. The molecule has 4 rings (SSSR count). The largest absolute Gasteiger partial charge is 0.392 e. The molecule has 0 bridgehead atoms. The molecule has 0 saturated heterocycles. The minimum absolute atomic E-state index is 0.0438. The molecule has 2 saturated carbocycles. The van der Waals surface area contributed by atoms with E-state index in [-0.39, 0.29) is 30.3 Å². The van der Waals surface area contributed by atoms with Crippen molar-refractivity contribution in [2.75, 3.05) is 18.1 Å². The van der Waals surface area contributed by atoms with Gasteiger partial charge in [-0.2, -0.15) is 0 Å². The van der Waals surface area contributed by atoms with Crippen LogP contribution in [0, 0.1) is 29.6 Å². The van der Waals surface area contributed by atoms with Crippen LogP contribution in [0.5, 0.6) is 0 Å². The second-order valence-corrected chi connectivity index (χ2v) is 11.2. The molecule has 2 aromatic rings. The number of benzene rings is 2. The van der Waals surface area contributed by atoms with Gasteiger partial charge in [-0.15, -0.1) is 0 Å². The molecule has 1 N–H and O–H groups in total. The van der Waals surface area contributed by atoms with Gasteiger partial charge in [-0.1, -0.05) is 68.5 Å². The third kappa shape index (κ3) is 7.62. The van der Waals surface area contributed by atoms with E-state index < -0.39 is 0 Å². The van der Waals surface area contributed by atoms with Gasteiger partial charge >= 0.3 is 0 Å². The molecule has 1 unspecified atom stereocenters. The number of nitrogens with zero attached hydrogens (tertiary/aromatic N) is 1. The van der Waals surface area contributed by atoms with Crippen molar-refractivity contribution in [2.24, 2.45) is 29.6 Å². The van der Waals surface area contributed by atoms with Gasteiger partial charge in [-0.05, 0) is 73.1 Å². The lowest BCUT2D eigenvalue weighted by molar-refractivity contribution is -0.123. The number of anilines is 1. The summed E-state index contributed by atoms with van der Waals surface area (Å²) in [6.45, 7) is 5.22. The van der Waals surface area contributed by atoms with Gasteiger partial charge in [0, 0.05) is 24.6 Å². The SMILES string of the molecule is CC(C)CC(=O)C=C[C@H]1[C@@H]2CC(CCOCC(=O)N(Cc3ccccc3)c3ccccc3)C[C@H]2C[C@@H]1O. The molecule has 5 heteroatoms. The number of rotatable bonds is 12. The maximum absolute atomic E-state index is 13.1. The first kappa shape index (κ1) is 27.3. The van der Waals surface area contributed by atoms with Crippen LogP contribution in [0.25, 0.3) is 0 Å². The number of carbonyl (C=O) groups is 2. The quantitative estimate of drug-likeness (QED) is 0.293. The van der Waals surface area contributed by atoms with Gasteiger partial charge in [0.25, 0.3) is 5.91 Å². The Hall–Kier alpha value is -2.76. The summed E-state index contributed by atoms with van der Waals surface area (Å²) in [6, 6.07) is 19.7. The molecule has 5 nitrogen and oxygen atoms in total. The van der Waals surface area contributed by atoms with Crippen molar-refractivity contribution in [1.29, 1.82) is 0 Å². The second kappa shape index (κ2) is 13.2. The second-order valence-electron chi connectivity index (χ2n) is 11.2. The zero-order chi connectivity index (χ0) is 26.2. The van der Waals surface area contributed by atoms with Crippen molar-refractivity contribution in [1.82, 2.24) is 0 Å². The van der Waals surface area contributed by atoms with Crippen LogP contribution in [0.2, 0.25) is 0 Å². The topological polar surface area (TPSA) is 66.8 Å². The molecule has 2 aliphatic rings. The third-order valence-electron chi connectivity index (χ3n) is 7.89. The average molecular weight is 504 g/mol. The highest BCUT2D eigenvalue weighted by atomic mass is 16.5. The van der Waals surface area contributed by atoms with Crippen LogP contribution in [0.15, 0.2) is 72.8 Å². The zero-order valence-corrected chi connectivity index (χ0v) is 22.2. The molecule has 2 fully saturated rings. The average Bonchev–Trinajstić information content (AvgIpc) is 3.40. The molecule has 1 amide bonds. The molecule has 0 heterocycles. The Bertz CT molecular complexity index is 1040. The first-order chi connectivity index (χ1) is 17.9. The summed E-state index contributed by atoms with van der Waals surface area (Å²) in [5.41, 5.74) is 1.95. The Morgan fingerprint density at radius 2 is 1.73 bits per heavy atom. The molecule has 0 spiro atoms. The highest BCUT2D eigenvalue weighted by Crippen LogP contribution is 2.51. The number of aliphatic hydroxyl groups excluding tert-OH is 1. The summed E-state index contributed by atoms with van der Waals surface area (Å²) < 4.78 is 5.88. The fraction of sp³-hybridized carbons (Fsp3) is 0.500. The number of para-hydroxylation sites is 1. The van der Waals surface area contributed by atoms with Crippen LogP contribution < -0.4 is 4.90 Å². The van der Waals surface area contributed by atoms with Gasteiger partial charge < -0.3 is 14.7 Å². The Labute approximate surface area is 221 Å². The summed E-state index contributed by atoms with van der Waals surface area (Å²) in [6.07, 6.45) is 7.77. The highest BCUT2D eigenvalue weighted by Gasteiger charge is 2.46.